The smallest absolute Gasteiger partial charge is 0.248 e. The fraction of sp³-hybridized carbons (Fsp3) is 0.556. The van der Waals surface area contributed by atoms with E-state index in [1.165, 1.54) is 5.56 Å². The number of amides is 2. The first kappa shape index (κ1) is 16.0. The van der Waals surface area contributed by atoms with E-state index in [9.17, 15) is 9.59 Å². The van der Waals surface area contributed by atoms with Gasteiger partial charge < -0.3 is 14.9 Å². The van der Waals surface area contributed by atoms with Gasteiger partial charge in [0.15, 0.2) is 0 Å². The van der Waals surface area contributed by atoms with Crippen LogP contribution >= 0.6 is 0 Å². The highest BCUT2D eigenvalue weighted by Gasteiger charge is 2.46. The molecular weight excluding hydrogens is 292 g/mol. The van der Waals surface area contributed by atoms with E-state index in [1.54, 1.807) is 4.90 Å². The van der Waals surface area contributed by atoms with Crippen molar-refractivity contribution in [1.82, 2.24) is 9.80 Å². The molecule has 0 unspecified atom stereocenters. The number of hydrogen-bond acceptors (Lipinski definition) is 3. The van der Waals surface area contributed by atoms with Crippen molar-refractivity contribution in [3.8, 4) is 0 Å². The standard InChI is InChI=1S/C18H24N2O3/c21-14-16(22)19-9-11-20(12-10-19)17(23)18(7-4-8-18)13-15-5-2-1-3-6-15/h1-3,5-6,21H,4,7-14H2. The Morgan fingerprint density at radius 3 is 2.13 bits per heavy atom. The Labute approximate surface area is 136 Å². The molecule has 1 saturated carbocycles. The molecule has 0 aromatic heterocycles. The van der Waals surface area contributed by atoms with E-state index in [0.717, 1.165) is 25.7 Å². The predicted octanol–water partition coefficient (Wildman–Crippen LogP) is 1.06. The van der Waals surface area contributed by atoms with Gasteiger partial charge >= 0.3 is 0 Å². The van der Waals surface area contributed by atoms with E-state index in [1.807, 2.05) is 23.1 Å². The summed E-state index contributed by atoms with van der Waals surface area (Å²) in [6, 6.07) is 10.2. The number of rotatable bonds is 4. The Bertz CT molecular complexity index is 561. The number of aliphatic hydroxyl groups is 1. The van der Waals surface area contributed by atoms with E-state index in [2.05, 4.69) is 12.1 Å². The van der Waals surface area contributed by atoms with Gasteiger partial charge in [-0.3, -0.25) is 9.59 Å². The second-order valence-electron chi connectivity index (χ2n) is 6.63. The Morgan fingerprint density at radius 1 is 1.00 bits per heavy atom. The normalized spacial score (nSPS) is 20.0. The van der Waals surface area contributed by atoms with Gasteiger partial charge in [0.1, 0.15) is 6.61 Å². The molecule has 0 spiro atoms. The first-order chi connectivity index (χ1) is 11.1. The maximum Gasteiger partial charge on any atom is 0.248 e. The van der Waals surface area contributed by atoms with Crippen molar-refractivity contribution in [2.45, 2.75) is 25.7 Å². The van der Waals surface area contributed by atoms with Crippen LogP contribution in [0.5, 0.6) is 0 Å². The zero-order valence-electron chi connectivity index (χ0n) is 13.4. The van der Waals surface area contributed by atoms with Crippen molar-refractivity contribution in [3.05, 3.63) is 35.9 Å². The van der Waals surface area contributed by atoms with Gasteiger partial charge in [-0.15, -0.1) is 0 Å². The van der Waals surface area contributed by atoms with Crippen LogP contribution < -0.4 is 0 Å². The van der Waals surface area contributed by atoms with Crippen LogP contribution in [0.2, 0.25) is 0 Å². The highest BCUT2D eigenvalue weighted by atomic mass is 16.3. The summed E-state index contributed by atoms with van der Waals surface area (Å²) in [6.07, 6.45) is 3.83. The van der Waals surface area contributed by atoms with Gasteiger partial charge in [-0.1, -0.05) is 36.8 Å². The Morgan fingerprint density at radius 2 is 1.61 bits per heavy atom. The second kappa shape index (κ2) is 6.71. The Balaban J connectivity index is 1.63. The minimum absolute atomic E-state index is 0.240. The molecule has 0 radical (unpaired) electrons. The summed E-state index contributed by atoms with van der Waals surface area (Å²) in [7, 11) is 0. The summed E-state index contributed by atoms with van der Waals surface area (Å²) in [4.78, 5) is 28.1. The van der Waals surface area contributed by atoms with Gasteiger partial charge in [0.2, 0.25) is 11.8 Å². The van der Waals surface area contributed by atoms with Crippen LogP contribution in [-0.2, 0) is 16.0 Å². The highest BCUT2D eigenvalue weighted by Crippen LogP contribution is 2.45. The molecule has 1 heterocycles. The molecule has 1 aliphatic carbocycles. The summed E-state index contributed by atoms with van der Waals surface area (Å²) < 4.78 is 0. The van der Waals surface area contributed by atoms with Crippen molar-refractivity contribution < 1.29 is 14.7 Å². The van der Waals surface area contributed by atoms with Gasteiger partial charge in [-0.05, 0) is 24.8 Å². The average molecular weight is 316 g/mol. The van der Waals surface area contributed by atoms with E-state index < -0.39 is 6.61 Å². The van der Waals surface area contributed by atoms with Crippen LogP contribution in [0.1, 0.15) is 24.8 Å². The summed E-state index contributed by atoms with van der Waals surface area (Å²) in [6.45, 7) is 1.73. The molecule has 5 nitrogen and oxygen atoms in total. The molecule has 2 amide bonds. The lowest BCUT2D eigenvalue weighted by molar-refractivity contribution is -0.152. The highest BCUT2D eigenvalue weighted by molar-refractivity contribution is 5.84. The zero-order valence-corrected chi connectivity index (χ0v) is 13.4. The molecule has 3 rings (SSSR count). The number of carbonyl (C=O) groups is 2. The fourth-order valence-corrected chi connectivity index (χ4v) is 3.65. The van der Waals surface area contributed by atoms with Crippen molar-refractivity contribution in [1.29, 1.82) is 0 Å². The van der Waals surface area contributed by atoms with Crippen molar-refractivity contribution in [2.24, 2.45) is 5.41 Å². The fourth-order valence-electron chi connectivity index (χ4n) is 3.65. The molecule has 0 bridgehead atoms. The summed E-state index contributed by atoms with van der Waals surface area (Å²) in [5.41, 5.74) is 0.972. The van der Waals surface area contributed by atoms with E-state index in [0.29, 0.717) is 26.2 Å². The van der Waals surface area contributed by atoms with Crippen LogP contribution in [0.25, 0.3) is 0 Å². The van der Waals surface area contributed by atoms with Gasteiger partial charge in [-0.2, -0.15) is 0 Å². The van der Waals surface area contributed by atoms with Gasteiger partial charge in [0, 0.05) is 26.2 Å². The number of aliphatic hydroxyl groups excluding tert-OH is 1. The van der Waals surface area contributed by atoms with Gasteiger partial charge in [0.05, 0.1) is 5.41 Å². The third kappa shape index (κ3) is 3.24. The Kier molecular flexibility index (Phi) is 4.66. The van der Waals surface area contributed by atoms with Crippen LogP contribution in [0.3, 0.4) is 0 Å². The minimum atomic E-state index is -0.452. The number of hydrogen-bond donors (Lipinski definition) is 1. The molecule has 23 heavy (non-hydrogen) atoms. The number of carbonyl (C=O) groups excluding carboxylic acids is 2. The molecular formula is C18H24N2O3. The molecule has 5 heteroatoms. The molecule has 1 aliphatic heterocycles. The summed E-state index contributed by atoms with van der Waals surface area (Å²) in [5, 5.41) is 8.93. The van der Waals surface area contributed by atoms with Crippen molar-refractivity contribution in [3.63, 3.8) is 0 Å². The van der Waals surface area contributed by atoms with Gasteiger partial charge in [-0.25, -0.2) is 0 Å². The zero-order chi connectivity index (χ0) is 16.3. The number of nitrogens with zero attached hydrogens (tertiary/aromatic N) is 2. The van der Waals surface area contributed by atoms with Crippen LogP contribution in [0, 0.1) is 5.41 Å². The number of benzene rings is 1. The van der Waals surface area contributed by atoms with E-state index in [-0.39, 0.29) is 17.2 Å². The van der Waals surface area contributed by atoms with E-state index >= 15 is 0 Å². The van der Waals surface area contributed by atoms with Crippen LogP contribution in [0.15, 0.2) is 30.3 Å². The van der Waals surface area contributed by atoms with Crippen LogP contribution in [-0.4, -0.2) is 59.5 Å². The van der Waals surface area contributed by atoms with Gasteiger partial charge in [0.25, 0.3) is 0 Å². The molecule has 0 atom stereocenters. The van der Waals surface area contributed by atoms with E-state index in [4.69, 9.17) is 5.11 Å². The lowest BCUT2D eigenvalue weighted by Gasteiger charge is -2.46. The Hall–Kier alpha value is -1.88. The monoisotopic (exact) mass is 316 g/mol. The summed E-state index contributed by atoms with van der Waals surface area (Å²) in [5.74, 6) is -0.0107. The molecule has 2 fully saturated rings. The molecule has 1 aromatic carbocycles. The lowest BCUT2D eigenvalue weighted by atomic mass is 9.64. The first-order valence-corrected chi connectivity index (χ1v) is 8.37. The quantitative estimate of drug-likeness (QED) is 0.904. The predicted molar refractivity (Wildman–Crippen MR) is 86.7 cm³/mol. The largest absolute Gasteiger partial charge is 0.387 e. The van der Waals surface area contributed by atoms with Crippen molar-refractivity contribution in [2.75, 3.05) is 32.8 Å². The molecule has 124 valence electrons. The minimum Gasteiger partial charge on any atom is -0.387 e. The third-order valence-electron chi connectivity index (χ3n) is 5.20. The lowest BCUT2D eigenvalue weighted by Crippen LogP contribution is -2.56. The SMILES string of the molecule is O=C(CO)N1CCN(C(=O)C2(Cc3ccccc3)CCC2)CC1. The number of piperazine rings is 1. The topological polar surface area (TPSA) is 60.9 Å². The molecule has 2 aliphatic rings. The maximum atomic E-state index is 13.0. The van der Waals surface area contributed by atoms with Crippen LogP contribution in [0.4, 0.5) is 0 Å². The third-order valence-corrected chi connectivity index (χ3v) is 5.20. The first-order valence-electron chi connectivity index (χ1n) is 8.37. The molecule has 1 N–H and O–H groups in total. The molecule has 1 saturated heterocycles. The molecule has 1 aromatic rings. The maximum absolute atomic E-state index is 13.0. The average Bonchev–Trinajstić information content (AvgIpc) is 2.58. The van der Waals surface area contributed by atoms with Crippen molar-refractivity contribution >= 4 is 11.8 Å². The second-order valence-corrected chi connectivity index (χ2v) is 6.63. The summed E-state index contributed by atoms with van der Waals surface area (Å²) >= 11 is 0.